The van der Waals surface area contributed by atoms with Gasteiger partial charge in [-0.25, -0.2) is 4.98 Å². The summed E-state index contributed by atoms with van der Waals surface area (Å²) in [5.74, 6) is 2.45. The van der Waals surface area contributed by atoms with Crippen molar-refractivity contribution in [2.45, 2.75) is 40.8 Å². The van der Waals surface area contributed by atoms with Gasteiger partial charge in [0.1, 0.15) is 11.5 Å². The van der Waals surface area contributed by atoms with E-state index in [2.05, 4.69) is 15.5 Å². The number of aryl methyl sites for hydroxylation is 4. The van der Waals surface area contributed by atoms with E-state index in [1.807, 2.05) is 27.7 Å². The van der Waals surface area contributed by atoms with Gasteiger partial charge in [0.25, 0.3) is 0 Å². The van der Waals surface area contributed by atoms with Crippen LogP contribution in [0.4, 0.5) is 0 Å². The second-order valence-electron chi connectivity index (χ2n) is 4.16. The molecule has 0 unspecified atom stereocenters. The minimum Gasteiger partial charge on any atom is -0.444 e. The molecule has 0 fully saturated rings. The minimum absolute atomic E-state index is 0.610. The van der Waals surface area contributed by atoms with Crippen LogP contribution in [-0.4, -0.2) is 10.1 Å². The molecule has 0 aliphatic carbocycles. The monoisotopic (exact) mass is 235 g/mol. The van der Waals surface area contributed by atoms with Crippen LogP contribution in [0.5, 0.6) is 0 Å². The van der Waals surface area contributed by atoms with Crippen molar-refractivity contribution in [2.75, 3.05) is 0 Å². The van der Waals surface area contributed by atoms with Crippen molar-refractivity contribution in [1.29, 1.82) is 0 Å². The summed E-state index contributed by atoms with van der Waals surface area (Å²) in [7, 11) is 0. The van der Waals surface area contributed by atoms with E-state index >= 15 is 0 Å². The maximum Gasteiger partial charge on any atom is 0.208 e. The molecule has 2 heterocycles. The van der Waals surface area contributed by atoms with Gasteiger partial charge >= 0.3 is 0 Å². The van der Waals surface area contributed by atoms with Crippen LogP contribution in [0.3, 0.4) is 0 Å². The zero-order chi connectivity index (χ0) is 12.4. The fourth-order valence-electron chi connectivity index (χ4n) is 1.66. The summed E-state index contributed by atoms with van der Waals surface area (Å²) in [6.45, 7) is 9.03. The molecule has 92 valence electrons. The van der Waals surface area contributed by atoms with Gasteiger partial charge in [-0.05, 0) is 27.7 Å². The predicted molar refractivity (Wildman–Crippen MR) is 62.5 cm³/mol. The fourth-order valence-corrected chi connectivity index (χ4v) is 1.66. The van der Waals surface area contributed by atoms with Gasteiger partial charge in [-0.2, -0.15) is 0 Å². The lowest BCUT2D eigenvalue weighted by atomic mass is 10.2. The third-order valence-electron chi connectivity index (χ3n) is 2.83. The highest BCUT2D eigenvalue weighted by molar-refractivity contribution is 5.20. The second-order valence-corrected chi connectivity index (χ2v) is 4.16. The Labute approximate surface area is 100 Å². The van der Waals surface area contributed by atoms with Gasteiger partial charge in [-0.3, -0.25) is 0 Å². The van der Waals surface area contributed by atoms with E-state index in [1.54, 1.807) is 0 Å². The average molecular weight is 235 g/mol. The molecule has 0 aliphatic rings. The van der Waals surface area contributed by atoms with Crippen LogP contribution in [0.1, 0.15) is 34.4 Å². The molecule has 0 amide bonds. The Bertz CT molecular complexity index is 475. The summed E-state index contributed by atoms with van der Waals surface area (Å²) < 4.78 is 10.6. The van der Waals surface area contributed by atoms with E-state index < -0.39 is 0 Å². The van der Waals surface area contributed by atoms with Crippen molar-refractivity contribution in [1.82, 2.24) is 15.5 Å². The molecule has 17 heavy (non-hydrogen) atoms. The summed E-state index contributed by atoms with van der Waals surface area (Å²) in [4.78, 5) is 4.31. The van der Waals surface area contributed by atoms with Crippen LogP contribution in [0, 0.1) is 27.7 Å². The smallest absolute Gasteiger partial charge is 0.208 e. The Morgan fingerprint density at radius 1 is 1.00 bits per heavy atom. The summed E-state index contributed by atoms with van der Waals surface area (Å²) in [6, 6.07) is 0. The normalized spacial score (nSPS) is 11.1. The summed E-state index contributed by atoms with van der Waals surface area (Å²) in [5.41, 5.74) is 2.97. The molecular weight excluding hydrogens is 218 g/mol. The lowest BCUT2D eigenvalue weighted by Gasteiger charge is -2.01. The van der Waals surface area contributed by atoms with Crippen molar-refractivity contribution >= 4 is 0 Å². The van der Waals surface area contributed by atoms with Gasteiger partial charge < -0.3 is 14.3 Å². The molecule has 0 aliphatic heterocycles. The highest BCUT2D eigenvalue weighted by Gasteiger charge is 2.09. The Morgan fingerprint density at radius 2 is 1.76 bits per heavy atom. The van der Waals surface area contributed by atoms with Crippen LogP contribution < -0.4 is 5.32 Å². The van der Waals surface area contributed by atoms with Gasteiger partial charge in [0.2, 0.25) is 5.89 Å². The number of hydrogen-bond donors (Lipinski definition) is 1. The standard InChI is InChI=1S/C12H17N3O2/c1-7-9(3)16-12(14-7)6-13-5-11-8(2)15-17-10(11)4/h13H,5-6H2,1-4H3. The lowest BCUT2D eigenvalue weighted by molar-refractivity contribution is 0.391. The first-order valence-electron chi connectivity index (χ1n) is 5.63. The second kappa shape index (κ2) is 4.71. The first kappa shape index (κ1) is 11.9. The number of hydrogen-bond acceptors (Lipinski definition) is 5. The maximum absolute atomic E-state index is 5.48. The van der Waals surface area contributed by atoms with Crippen LogP contribution in [0.15, 0.2) is 8.94 Å². The van der Waals surface area contributed by atoms with Crippen molar-refractivity contribution < 1.29 is 8.94 Å². The molecule has 0 saturated carbocycles. The first-order chi connectivity index (χ1) is 8.08. The zero-order valence-corrected chi connectivity index (χ0v) is 10.6. The molecular formula is C12H17N3O2. The van der Waals surface area contributed by atoms with Gasteiger partial charge in [-0.1, -0.05) is 5.16 Å². The van der Waals surface area contributed by atoms with E-state index in [1.165, 1.54) is 0 Å². The molecule has 0 radical (unpaired) electrons. The number of aromatic nitrogens is 2. The molecule has 2 rings (SSSR count). The van der Waals surface area contributed by atoms with Crippen molar-refractivity contribution in [2.24, 2.45) is 0 Å². The minimum atomic E-state index is 0.610. The van der Waals surface area contributed by atoms with Gasteiger partial charge in [0.05, 0.1) is 17.9 Å². The first-order valence-corrected chi connectivity index (χ1v) is 5.63. The Kier molecular flexibility index (Phi) is 3.28. The van der Waals surface area contributed by atoms with Crippen molar-refractivity contribution in [3.05, 3.63) is 34.4 Å². The lowest BCUT2D eigenvalue weighted by Crippen LogP contribution is -2.13. The van der Waals surface area contributed by atoms with Crippen LogP contribution >= 0.6 is 0 Å². The highest BCUT2D eigenvalue weighted by atomic mass is 16.5. The molecule has 2 aromatic rings. The summed E-state index contributed by atoms with van der Waals surface area (Å²) in [5, 5.41) is 7.18. The molecule has 0 saturated heterocycles. The number of nitrogens with one attached hydrogen (secondary N) is 1. The molecule has 5 nitrogen and oxygen atoms in total. The maximum atomic E-state index is 5.48. The third-order valence-corrected chi connectivity index (χ3v) is 2.83. The van der Waals surface area contributed by atoms with E-state index in [9.17, 15) is 0 Å². The van der Waals surface area contributed by atoms with E-state index in [-0.39, 0.29) is 0 Å². The average Bonchev–Trinajstić information content (AvgIpc) is 2.75. The molecule has 1 N–H and O–H groups in total. The molecule has 0 atom stereocenters. The highest BCUT2D eigenvalue weighted by Crippen LogP contribution is 2.12. The van der Waals surface area contributed by atoms with E-state index in [0.29, 0.717) is 19.0 Å². The summed E-state index contributed by atoms with van der Waals surface area (Å²) in [6.07, 6.45) is 0. The quantitative estimate of drug-likeness (QED) is 0.880. The van der Waals surface area contributed by atoms with Gasteiger partial charge in [0.15, 0.2) is 0 Å². The van der Waals surface area contributed by atoms with E-state index in [4.69, 9.17) is 8.94 Å². The van der Waals surface area contributed by atoms with Crippen molar-refractivity contribution in [3.8, 4) is 0 Å². The zero-order valence-electron chi connectivity index (χ0n) is 10.6. The van der Waals surface area contributed by atoms with Gasteiger partial charge in [-0.15, -0.1) is 0 Å². The van der Waals surface area contributed by atoms with Crippen LogP contribution in [-0.2, 0) is 13.1 Å². The number of nitrogens with zero attached hydrogens (tertiary/aromatic N) is 2. The van der Waals surface area contributed by atoms with E-state index in [0.717, 1.165) is 28.5 Å². The SMILES string of the molecule is Cc1nc(CNCc2c(C)noc2C)oc1C. The van der Waals surface area contributed by atoms with Crippen LogP contribution in [0.25, 0.3) is 0 Å². The topological polar surface area (TPSA) is 64.1 Å². The fraction of sp³-hybridized carbons (Fsp3) is 0.500. The van der Waals surface area contributed by atoms with Crippen LogP contribution in [0.2, 0.25) is 0 Å². The summed E-state index contributed by atoms with van der Waals surface area (Å²) >= 11 is 0. The Balaban J connectivity index is 1.92. The predicted octanol–water partition coefficient (Wildman–Crippen LogP) is 2.19. The number of oxazole rings is 1. The molecule has 0 aromatic carbocycles. The molecule has 0 spiro atoms. The Hall–Kier alpha value is -1.62. The molecule has 0 bridgehead atoms. The largest absolute Gasteiger partial charge is 0.444 e. The van der Waals surface area contributed by atoms with Gasteiger partial charge in [0, 0.05) is 12.1 Å². The Morgan fingerprint density at radius 3 is 2.29 bits per heavy atom. The molecule has 5 heteroatoms. The third kappa shape index (κ3) is 2.55. The van der Waals surface area contributed by atoms with Crippen molar-refractivity contribution in [3.63, 3.8) is 0 Å². The molecule has 2 aromatic heterocycles. The number of rotatable bonds is 4.